The molecule has 2 aliphatic heterocycles. The average molecular weight is 282 g/mol. The lowest BCUT2D eigenvalue weighted by atomic mass is 9.82. The summed E-state index contributed by atoms with van der Waals surface area (Å²) >= 11 is 0. The Balaban J connectivity index is 2.09. The van der Waals surface area contributed by atoms with Gasteiger partial charge in [0.15, 0.2) is 0 Å². The summed E-state index contributed by atoms with van der Waals surface area (Å²) in [7, 11) is 0. The van der Waals surface area contributed by atoms with Gasteiger partial charge in [0, 0.05) is 12.3 Å². The number of nitrogens with zero attached hydrogens (tertiary/aromatic N) is 1. The van der Waals surface area contributed by atoms with Crippen molar-refractivity contribution < 1.29 is 14.3 Å². The molecular formula is C16H14N2O3. The number of hydrogen-bond acceptors (Lipinski definition) is 4. The first-order chi connectivity index (χ1) is 9.92. The molecule has 3 rings (SSSR count). The smallest absolute Gasteiger partial charge is 0.337 e. The molecule has 106 valence electrons. The van der Waals surface area contributed by atoms with Gasteiger partial charge in [-0.3, -0.25) is 4.79 Å². The van der Waals surface area contributed by atoms with Crippen molar-refractivity contribution in [2.75, 3.05) is 0 Å². The number of nitriles is 1. The maximum Gasteiger partial charge on any atom is 0.337 e. The number of cyclic esters (lactones) is 1. The van der Waals surface area contributed by atoms with E-state index in [1.54, 1.807) is 38.1 Å². The van der Waals surface area contributed by atoms with E-state index in [1.165, 1.54) is 0 Å². The summed E-state index contributed by atoms with van der Waals surface area (Å²) in [6, 6.07) is 8.99. The molecule has 21 heavy (non-hydrogen) atoms. The predicted octanol–water partition coefficient (Wildman–Crippen LogP) is 1.75. The Morgan fingerprint density at radius 1 is 1.29 bits per heavy atom. The first-order valence-electron chi connectivity index (χ1n) is 6.70. The lowest BCUT2D eigenvalue weighted by molar-refractivity contribution is -0.144. The van der Waals surface area contributed by atoms with E-state index in [0.717, 1.165) is 5.56 Å². The fourth-order valence-electron chi connectivity index (χ4n) is 2.85. The minimum atomic E-state index is -0.812. The zero-order valence-electron chi connectivity index (χ0n) is 11.8. The summed E-state index contributed by atoms with van der Waals surface area (Å²) in [5.74, 6) is -0.838. The Labute approximate surface area is 122 Å². The molecule has 5 heteroatoms. The van der Waals surface area contributed by atoms with Gasteiger partial charge in [0.1, 0.15) is 5.60 Å². The minimum absolute atomic E-state index is 0.130. The van der Waals surface area contributed by atoms with Gasteiger partial charge in [-0.1, -0.05) is 12.1 Å². The van der Waals surface area contributed by atoms with Crippen molar-refractivity contribution in [1.82, 2.24) is 5.32 Å². The molecule has 0 fully saturated rings. The third-order valence-electron chi connectivity index (χ3n) is 3.88. The third-order valence-corrected chi connectivity index (χ3v) is 3.88. The maximum atomic E-state index is 12.2. The largest absolute Gasteiger partial charge is 0.450 e. The summed E-state index contributed by atoms with van der Waals surface area (Å²) in [6.45, 7) is 3.52. The van der Waals surface area contributed by atoms with Crippen LogP contribution in [0, 0.1) is 11.3 Å². The van der Waals surface area contributed by atoms with Gasteiger partial charge in [-0.15, -0.1) is 0 Å². The summed E-state index contributed by atoms with van der Waals surface area (Å²) in [6.07, 6.45) is 0.204. The van der Waals surface area contributed by atoms with Crippen molar-refractivity contribution in [3.8, 4) is 6.07 Å². The highest BCUT2D eigenvalue weighted by molar-refractivity contribution is 5.99. The molecule has 1 N–H and O–H groups in total. The number of carbonyl (C=O) groups is 2. The minimum Gasteiger partial charge on any atom is -0.450 e. The van der Waals surface area contributed by atoms with E-state index in [1.807, 2.05) is 0 Å². The number of hydrogen-bond donors (Lipinski definition) is 1. The Hall–Kier alpha value is -2.61. The molecule has 1 amide bonds. The van der Waals surface area contributed by atoms with Crippen LogP contribution in [-0.4, -0.2) is 17.5 Å². The lowest BCUT2D eigenvalue weighted by Crippen LogP contribution is -2.38. The van der Waals surface area contributed by atoms with E-state index in [9.17, 15) is 9.59 Å². The summed E-state index contributed by atoms with van der Waals surface area (Å²) in [5.41, 5.74) is 1.64. The SMILES string of the molecule is CC1(C)OC(=O)C2=C1NC(=O)C[C@H]2c1ccc(C#N)cc1. The van der Waals surface area contributed by atoms with E-state index in [-0.39, 0.29) is 24.2 Å². The molecule has 2 aliphatic rings. The highest BCUT2D eigenvalue weighted by Crippen LogP contribution is 2.42. The molecular weight excluding hydrogens is 268 g/mol. The second-order valence-electron chi connectivity index (χ2n) is 5.73. The van der Waals surface area contributed by atoms with Crippen molar-refractivity contribution in [1.29, 1.82) is 5.26 Å². The number of esters is 1. The van der Waals surface area contributed by atoms with Crippen molar-refractivity contribution in [3.63, 3.8) is 0 Å². The van der Waals surface area contributed by atoms with Crippen molar-refractivity contribution in [3.05, 3.63) is 46.7 Å². The Kier molecular flexibility index (Phi) is 2.84. The van der Waals surface area contributed by atoms with Crippen LogP contribution in [0.5, 0.6) is 0 Å². The quantitative estimate of drug-likeness (QED) is 0.796. The van der Waals surface area contributed by atoms with Crippen molar-refractivity contribution in [2.45, 2.75) is 31.8 Å². The Morgan fingerprint density at radius 3 is 2.57 bits per heavy atom. The molecule has 0 radical (unpaired) electrons. The number of carbonyl (C=O) groups excluding carboxylic acids is 2. The van der Waals surface area contributed by atoms with Crippen LogP contribution in [0.25, 0.3) is 0 Å². The van der Waals surface area contributed by atoms with Gasteiger partial charge in [-0.2, -0.15) is 5.26 Å². The molecule has 1 aromatic carbocycles. The fourth-order valence-corrected chi connectivity index (χ4v) is 2.85. The van der Waals surface area contributed by atoms with Gasteiger partial charge >= 0.3 is 5.97 Å². The van der Waals surface area contributed by atoms with Gasteiger partial charge in [0.05, 0.1) is 22.9 Å². The first kappa shape index (κ1) is 13.4. The van der Waals surface area contributed by atoms with Crippen LogP contribution >= 0.6 is 0 Å². The molecule has 0 bridgehead atoms. The zero-order valence-corrected chi connectivity index (χ0v) is 11.8. The molecule has 5 nitrogen and oxygen atoms in total. The van der Waals surface area contributed by atoms with Crippen LogP contribution in [0.15, 0.2) is 35.5 Å². The maximum absolute atomic E-state index is 12.2. The highest BCUT2D eigenvalue weighted by Gasteiger charge is 2.47. The molecule has 0 unspecified atom stereocenters. The molecule has 0 aromatic heterocycles. The number of ether oxygens (including phenoxy) is 1. The second-order valence-corrected chi connectivity index (χ2v) is 5.73. The van der Waals surface area contributed by atoms with E-state index in [2.05, 4.69) is 11.4 Å². The van der Waals surface area contributed by atoms with Crippen LogP contribution in [0.1, 0.15) is 37.3 Å². The van der Waals surface area contributed by atoms with Gasteiger partial charge in [-0.05, 0) is 31.5 Å². The number of nitrogens with one attached hydrogen (secondary N) is 1. The summed E-state index contributed by atoms with van der Waals surface area (Å²) in [5, 5.41) is 11.6. The van der Waals surface area contributed by atoms with Crippen molar-refractivity contribution in [2.24, 2.45) is 0 Å². The molecule has 1 aromatic rings. The van der Waals surface area contributed by atoms with E-state index in [4.69, 9.17) is 10.00 Å². The lowest BCUT2D eigenvalue weighted by Gasteiger charge is -2.27. The van der Waals surface area contributed by atoms with Crippen LogP contribution in [0.3, 0.4) is 0 Å². The average Bonchev–Trinajstić information content (AvgIpc) is 2.68. The highest BCUT2D eigenvalue weighted by atomic mass is 16.6. The van der Waals surface area contributed by atoms with Crippen molar-refractivity contribution >= 4 is 11.9 Å². The number of amides is 1. The molecule has 1 atom stereocenters. The van der Waals surface area contributed by atoms with Gasteiger partial charge < -0.3 is 10.1 Å². The standard InChI is InChI=1S/C16H14N2O3/c1-16(2)14-13(15(20)21-16)11(7-12(19)18-14)10-5-3-9(8-17)4-6-10/h3-6,11H,7H2,1-2H3,(H,18,19)/t11-/m0/s1. The van der Waals surface area contributed by atoms with Crippen LogP contribution in [0.4, 0.5) is 0 Å². The monoisotopic (exact) mass is 282 g/mol. The van der Waals surface area contributed by atoms with E-state index >= 15 is 0 Å². The molecule has 2 heterocycles. The van der Waals surface area contributed by atoms with E-state index < -0.39 is 5.60 Å². The topological polar surface area (TPSA) is 79.2 Å². The summed E-state index contributed by atoms with van der Waals surface area (Å²) < 4.78 is 5.36. The number of rotatable bonds is 1. The first-order valence-corrected chi connectivity index (χ1v) is 6.70. The number of benzene rings is 1. The van der Waals surface area contributed by atoms with Gasteiger partial charge in [0.2, 0.25) is 5.91 Å². The molecule has 0 spiro atoms. The molecule has 0 aliphatic carbocycles. The normalized spacial score (nSPS) is 23.2. The zero-order chi connectivity index (χ0) is 15.2. The van der Waals surface area contributed by atoms with E-state index in [0.29, 0.717) is 16.8 Å². The fraction of sp³-hybridized carbons (Fsp3) is 0.312. The van der Waals surface area contributed by atoms with Gasteiger partial charge in [0.25, 0.3) is 0 Å². The molecule has 0 saturated carbocycles. The van der Waals surface area contributed by atoms with Crippen LogP contribution < -0.4 is 5.32 Å². The predicted molar refractivity (Wildman–Crippen MR) is 73.9 cm³/mol. The van der Waals surface area contributed by atoms with Gasteiger partial charge in [-0.25, -0.2) is 4.79 Å². The Morgan fingerprint density at radius 2 is 1.95 bits per heavy atom. The third kappa shape index (κ3) is 2.09. The molecule has 0 saturated heterocycles. The summed E-state index contributed by atoms with van der Waals surface area (Å²) in [4.78, 5) is 24.1. The Bertz CT molecular complexity index is 708. The van der Waals surface area contributed by atoms with Crippen LogP contribution in [-0.2, 0) is 14.3 Å². The second kappa shape index (κ2) is 4.45. The van der Waals surface area contributed by atoms with Crippen LogP contribution in [0.2, 0.25) is 0 Å².